The molecule has 2 aromatic heterocycles. The quantitative estimate of drug-likeness (QED) is 0.810. The number of nitrogens with zero attached hydrogens (tertiary/aromatic N) is 2. The van der Waals surface area contributed by atoms with Gasteiger partial charge >= 0.3 is 5.97 Å². The highest BCUT2D eigenvalue weighted by atomic mass is 16.5. The third kappa shape index (κ3) is 2.82. The number of hydrogen-bond donors (Lipinski definition) is 2. The van der Waals surface area contributed by atoms with E-state index in [2.05, 4.69) is 15.5 Å². The summed E-state index contributed by atoms with van der Waals surface area (Å²) in [5.74, 6) is -0.745. The second-order valence-corrected chi connectivity index (χ2v) is 3.87. The van der Waals surface area contributed by atoms with Gasteiger partial charge in [0.1, 0.15) is 11.4 Å². The van der Waals surface area contributed by atoms with Gasteiger partial charge in [-0.2, -0.15) is 5.10 Å². The van der Waals surface area contributed by atoms with Crippen molar-refractivity contribution in [3.8, 4) is 0 Å². The second-order valence-electron chi connectivity index (χ2n) is 3.87. The van der Waals surface area contributed by atoms with Crippen molar-refractivity contribution in [3.05, 3.63) is 35.9 Å². The Balaban J connectivity index is 2.12. The maximum absolute atomic E-state index is 11.8. The van der Waals surface area contributed by atoms with Gasteiger partial charge in [0.05, 0.1) is 12.3 Å². The average Bonchev–Trinajstić information content (AvgIpc) is 2.99. The number of amides is 1. The molecule has 0 spiro atoms. The SMILES string of the molecule is CCOC(=O)c1cc(NC(=O)c2ccn[nH]2)cn1C. The molecule has 0 bridgehead atoms. The van der Waals surface area contributed by atoms with E-state index in [-0.39, 0.29) is 5.91 Å². The summed E-state index contributed by atoms with van der Waals surface area (Å²) in [4.78, 5) is 23.4. The van der Waals surface area contributed by atoms with E-state index < -0.39 is 5.97 Å². The molecule has 0 saturated carbocycles. The summed E-state index contributed by atoms with van der Waals surface area (Å²) in [6.07, 6.45) is 3.13. The first-order valence-electron chi connectivity index (χ1n) is 5.76. The van der Waals surface area contributed by atoms with Crippen LogP contribution < -0.4 is 5.32 Å². The van der Waals surface area contributed by atoms with E-state index in [0.717, 1.165) is 0 Å². The molecule has 2 N–H and O–H groups in total. The highest BCUT2D eigenvalue weighted by molar-refractivity contribution is 6.03. The topological polar surface area (TPSA) is 89.0 Å². The number of H-pyrrole nitrogens is 1. The van der Waals surface area contributed by atoms with E-state index in [0.29, 0.717) is 23.7 Å². The molecule has 0 aliphatic heterocycles. The van der Waals surface area contributed by atoms with Crippen LogP contribution in [0, 0.1) is 0 Å². The molecule has 19 heavy (non-hydrogen) atoms. The van der Waals surface area contributed by atoms with Crippen molar-refractivity contribution in [2.45, 2.75) is 6.92 Å². The zero-order chi connectivity index (χ0) is 13.8. The minimum atomic E-state index is -0.424. The average molecular weight is 262 g/mol. The van der Waals surface area contributed by atoms with Crippen molar-refractivity contribution in [1.82, 2.24) is 14.8 Å². The fourth-order valence-electron chi connectivity index (χ4n) is 1.62. The van der Waals surface area contributed by atoms with E-state index in [1.54, 1.807) is 36.9 Å². The third-order valence-electron chi connectivity index (χ3n) is 2.49. The third-order valence-corrected chi connectivity index (χ3v) is 2.49. The van der Waals surface area contributed by atoms with Gasteiger partial charge in [0, 0.05) is 19.4 Å². The molecule has 0 fully saturated rings. The van der Waals surface area contributed by atoms with Crippen molar-refractivity contribution in [3.63, 3.8) is 0 Å². The van der Waals surface area contributed by atoms with Crippen LogP contribution in [0.5, 0.6) is 0 Å². The first kappa shape index (κ1) is 12.9. The van der Waals surface area contributed by atoms with Crippen LogP contribution in [-0.4, -0.2) is 33.2 Å². The lowest BCUT2D eigenvalue weighted by molar-refractivity contribution is 0.0515. The van der Waals surface area contributed by atoms with Crippen LogP contribution in [0.4, 0.5) is 5.69 Å². The largest absolute Gasteiger partial charge is 0.461 e. The molecule has 2 rings (SSSR count). The van der Waals surface area contributed by atoms with Gasteiger partial charge in [-0.3, -0.25) is 9.89 Å². The summed E-state index contributed by atoms with van der Waals surface area (Å²) in [5.41, 5.74) is 1.24. The van der Waals surface area contributed by atoms with E-state index in [9.17, 15) is 9.59 Å². The van der Waals surface area contributed by atoms with Gasteiger partial charge in [-0.05, 0) is 19.1 Å². The lowest BCUT2D eigenvalue weighted by atomic mass is 10.3. The maximum Gasteiger partial charge on any atom is 0.355 e. The van der Waals surface area contributed by atoms with Crippen molar-refractivity contribution in [2.24, 2.45) is 7.05 Å². The Kier molecular flexibility index (Phi) is 3.65. The number of carbonyl (C=O) groups excluding carboxylic acids is 2. The minimum absolute atomic E-state index is 0.305. The number of aryl methyl sites for hydroxylation is 1. The Morgan fingerprint density at radius 3 is 2.95 bits per heavy atom. The number of rotatable bonds is 4. The predicted molar refractivity (Wildman–Crippen MR) is 67.9 cm³/mol. The molecule has 7 heteroatoms. The molecule has 0 radical (unpaired) electrons. The Labute approximate surface area is 109 Å². The molecule has 0 unspecified atom stereocenters. The van der Waals surface area contributed by atoms with E-state index in [4.69, 9.17) is 4.74 Å². The van der Waals surface area contributed by atoms with E-state index in [1.165, 1.54) is 6.20 Å². The van der Waals surface area contributed by atoms with E-state index in [1.807, 2.05) is 0 Å². The van der Waals surface area contributed by atoms with Crippen LogP contribution in [-0.2, 0) is 11.8 Å². The van der Waals surface area contributed by atoms with Crippen molar-refractivity contribution < 1.29 is 14.3 Å². The minimum Gasteiger partial charge on any atom is -0.461 e. The molecule has 2 heterocycles. The number of aromatic nitrogens is 3. The van der Waals surface area contributed by atoms with Gasteiger partial charge in [-0.25, -0.2) is 4.79 Å². The molecular formula is C12H14N4O3. The zero-order valence-electron chi connectivity index (χ0n) is 10.6. The van der Waals surface area contributed by atoms with Crippen molar-refractivity contribution in [1.29, 1.82) is 0 Å². The molecule has 0 aromatic carbocycles. The van der Waals surface area contributed by atoms with Gasteiger partial charge < -0.3 is 14.6 Å². The van der Waals surface area contributed by atoms with Gasteiger partial charge in [0.2, 0.25) is 0 Å². The molecule has 1 amide bonds. The number of esters is 1. The number of anilines is 1. The first-order valence-corrected chi connectivity index (χ1v) is 5.76. The van der Waals surface area contributed by atoms with Crippen LogP contribution in [0.25, 0.3) is 0 Å². The zero-order valence-corrected chi connectivity index (χ0v) is 10.6. The van der Waals surface area contributed by atoms with Gasteiger partial charge in [-0.15, -0.1) is 0 Å². The normalized spacial score (nSPS) is 10.2. The fourth-order valence-corrected chi connectivity index (χ4v) is 1.62. The molecule has 0 aliphatic carbocycles. The van der Waals surface area contributed by atoms with Crippen LogP contribution >= 0.6 is 0 Å². The van der Waals surface area contributed by atoms with Crippen LogP contribution in [0.15, 0.2) is 24.5 Å². The summed E-state index contributed by atoms with van der Waals surface area (Å²) >= 11 is 0. The fraction of sp³-hybridized carbons (Fsp3) is 0.250. The lowest BCUT2D eigenvalue weighted by Gasteiger charge is -2.01. The monoisotopic (exact) mass is 262 g/mol. The Morgan fingerprint density at radius 1 is 1.53 bits per heavy atom. The Morgan fingerprint density at radius 2 is 2.32 bits per heavy atom. The van der Waals surface area contributed by atoms with Gasteiger partial charge in [-0.1, -0.05) is 0 Å². The number of hydrogen-bond acceptors (Lipinski definition) is 4. The number of ether oxygens (including phenoxy) is 1. The summed E-state index contributed by atoms with van der Waals surface area (Å²) in [6, 6.07) is 3.12. The van der Waals surface area contributed by atoms with E-state index >= 15 is 0 Å². The lowest BCUT2D eigenvalue weighted by Crippen LogP contribution is -2.11. The number of nitrogens with one attached hydrogen (secondary N) is 2. The summed E-state index contributed by atoms with van der Waals surface area (Å²) in [5, 5.41) is 8.92. The Hall–Kier alpha value is -2.57. The van der Waals surface area contributed by atoms with Crippen LogP contribution in [0.1, 0.15) is 27.9 Å². The Bertz CT molecular complexity index is 586. The van der Waals surface area contributed by atoms with Gasteiger partial charge in [0.25, 0.3) is 5.91 Å². The smallest absolute Gasteiger partial charge is 0.355 e. The number of aromatic amines is 1. The molecular weight excluding hydrogens is 248 g/mol. The van der Waals surface area contributed by atoms with Crippen LogP contribution in [0.3, 0.4) is 0 Å². The van der Waals surface area contributed by atoms with Crippen LogP contribution in [0.2, 0.25) is 0 Å². The molecule has 0 saturated heterocycles. The highest BCUT2D eigenvalue weighted by Gasteiger charge is 2.14. The molecule has 0 atom stereocenters. The molecule has 7 nitrogen and oxygen atoms in total. The maximum atomic E-state index is 11.8. The van der Waals surface area contributed by atoms with Gasteiger partial charge in [0.15, 0.2) is 0 Å². The number of carbonyl (C=O) groups is 2. The molecule has 0 aliphatic rings. The predicted octanol–water partition coefficient (Wildman–Crippen LogP) is 1.18. The highest BCUT2D eigenvalue weighted by Crippen LogP contribution is 2.14. The summed E-state index contributed by atoms with van der Waals surface area (Å²) < 4.78 is 6.51. The summed E-state index contributed by atoms with van der Waals surface area (Å²) in [7, 11) is 1.71. The summed E-state index contributed by atoms with van der Waals surface area (Å²) in [6.45, 7) is 2.04. The first-order chi connectivity index (χ1) is 9.11. The standard InChI is InChI=1S/C12H14N4O3/c1-3-19-12(18)10-6-8(7-16(10)2)14-11(17)9-4-5-13-15-9/h4-7H,3H2,1-2H3,(H,13,15)(H,14,17). The second kappa shape index (κ2) is 5.38. The molecule has 100 valence electrons. The van der Waals surface area contributed by atoms with Crippen molar-refractivity contribution >= 4 is 17.6 Å². The molecule has 2 aromatic rings. The van der Waals surface area contributed by atoms with Crippen molar-refractivity contribution in [2.75, 3.05) is 11.9 Å².